The molecule has 0 radical (unpaired) electrons. The van der Waals surface area contributed by atoms with Crippen molar-refractivity contribution in [3.63, 3.8) is 0 Å². The zero-order valence-corrected chi connectivity index (χ0v) is 7.92. The van der Waals surface area contributed by atoms with Gasteiger partial charge in [-0.2, -0.15) is 6.17 Å². The van der Waals surface area contributed by atoms with Crippen LogP contribution in [0.25, 0.3) is 0 Å². The number of nitrogens with one attached hydrogen (secondary N) is 1. The second-order valence-electron chi connectivity index (χ2n) is 1.49. The number of thiol groups is 1. The molecule has 0 fully saturated rings. The Morgan fingerprint density at radius 1 is 1.75 bits per heavy atom. The van der Waals surface area contributed by atoms with E-state index in [1.54, 1.807) is 0 Å². The van der Waals surface area contributed by atoms with Gasteiger partial charge >= 0.3 is 29.0 Å². The maximum absolute atomic E-state index is 9.86. The van der Waals surface area contributed by atoms with Gasteiger partial charge in [-0.05, 0) is 0 Å². The summed E-state index contributed by atoms with van der Waals surface area (Å²) in [6.07, 6.45) is 0.376. The van der Waals surface area contributed by atoms with Crippen molar-refractivity contribution in [3.8, 4) is 0 Å². The van der Waals surface area contributed by atoms with Crippen molar-refractivity contribution in [1.82, 2.24) is 5.32 Å². The first-order valence-corrected chi connectivity index (χ1v) is 4.15. The van der Waals surface area contributed by atoms with E-state index in [0.29, 0.717) is 11.9 Å². The summed E-state index contributed by atoms with van der Waals surface area (Å²) < 4.78 is 15.4. The average Bonchev–Trinajstić information content (AvgIpc) is 2.01. The van der Waals surface area contributed by atoms with E-state index in [1.807, 2.05) is 0 Å². The number of carboxylic acid groups (broad SMARTS) is 1. The summed E-state index contributed by atoms with van der Waals surface area (Å²) in [7, 11) is 0. The molecule has 0 bridgehead atoms. The molecule has 0 unspecified atom stereocenters. The normalized spacial score (nSPS) is 9.33. The molecular formula is C4H10CoN2O4S-. The summed E-state index contributed by atoms with van der Waals surface area (Å²) in [6, 6.07) is 0. The van der Waals surface area contributed by atoms with Gasteiger partial charge in [0, 0.05) is 0 Å². The van der Waals surface area contributed by atoms with Crippen molar-refractivity contribution in [2.75, 3.05) is 12.3 Å². The monoisotopic (exact) mass is 241 g/mol. The summed E-state index contributed by atoms with van der Waals surface area (Å²) in [5, 5.41) is 10.6. The minimum absolute atomic E-state index is 0.146. The van der Waals surface area contributed by atoms with Crippen LogP contribution in [0.3, 0.4) is 0 Å². The molecule has 0 heterocycles. The van der Waals surface area contributed by atoms with E-state index in [-0.39, 0.29) is 6.54 Å². The zero-order chi connectivity index (χ0) is 9.98. The number of hydrogen-bond donors (Lipinski definition) is 5. The van der Waals surface area contributed by atoms with E-state index in [9.17, 15) is 4.79 Å². The number of rotatable bonds is 4. The Labute approximate surface area is 81.4 Å². The zero-order valence-electron chi connectivity index (χ0n) is 5.98. The molecule has 0 amide bonds. The van der Waals surface area contributed by atoms with Crippen LogP contribution in [0.2, 0.25) is 0 Å². The van der Waals surface area contributed by atoms with Crippen LogP contribution in [0.5, 0.6) is 0 Å². The van der Waals surface area contributed by atoms with Gasteiger partial charge in [0.1, 0.15) is 0 Å². The summed E-state index contributed by atoms with van der Waals surface area (Å²) in [5.41, 5.74) is 5.19. The van der Waals surface area contributed by atoms with Gasteiger partial charge in [0.05, 0.1) is 6.54 Å². The third-order valence-electron chi connectivity index (χ3n) is 0.637. The Morgan fingerprint density at radius 3 is 2.42 bits per heavy atom. The van der Waals surface area contributed by atoms with Gasteiger partial charge in [-0.15, -0.1) is 5.75 Å². The van der Waals surface area contributed by atoms with E-state index in [0.717, 1.165) is 0 Å². The maximum atomic E-state index is 9.86. The third kappa shape index (κ3) is 16.5. The summed E-state index contributed by atoms with van der Waals surface area (Å²) in [6.45, 7) is -0.146. The molecule has 76 valence electrons. The summed E-state index contributed by atoms with van der Waals surface area (Å²) in [5.74, 6) is -0.576. The van der Waals surface area contributed by atoms with Crippen LogP contribution < -0.4 is 11.1 Å². The van der Waals surface area contributed by atoms with Gasteiger partial charge in [0.15, 0.2) is 0 Å². The van der Waals surface area contributed by atoms with E-state index >= 15 is 0 Å². The van der Waals surface area contributed by atoms with Crippen LogP contribution in [0.1, 0.15) is 0 Å². The number of nitrogens with two attached hydrogens (primary N) is 1. The SMILES string of the molecule is N[C-](CS)NCC(=O)O.[O]=[Co][OH]. The van der Waals surface area contributed by atoms with Crippen LogP contribution in [-0.2, 0) is 23.6 Å². The third-order valence-corrected chi connectivity index (χ3v) is 0.978. The molecular weight excluding hydrogens is 231 g/mol. The first-order valence-electron chi connectivity index (χ1n) is 2.63. The fraction of sp³-hybridized carbons (Fsp3) is 0.500. The Kier molecular flexibility index (Phi) is 13.3. The molecule has 0 atom stereocenters. The first kappa shape index (κ1) is 14.5. The Hall–Kier alpha value is 0.00649. The molecule has 0 aliphatic rings. The van der Waals surface area contributed by atoms with Gasteiger partial charge in [-0.3, -0.25) is 4.79 Å². The van der Waals surface area contributed by atoms with E-state index in [4.69, 9.17) is 18.9 Å². The number of carboxylic acids is 1. The molecule has 0 aromatic heterocycles. The second kappa shape index (κ2) is 11.0. The van der Waals surface area contributed by atoms with Crippen molar-refractivity contribution in [1.29, 1.82) is 0 Å². The molecule has 0 spiro atoms. The summed E-state index contributed by atoms with van der Waals surface area (Å²) >= 11 is 2.99. The molecule has 0 aliphatic carbocycles. The number of carbonyl (C=O) groups is 1. The molecule has 0 aromatic carbocycles. The molecule has 0 rings (SSSR count). The van der Waals surface area contributed by atoms with Gasteiger partial charge in [-0.1, -0.05) is 0 Å². The van der Waals surface area contributed by atoms with E-state index in [1.165, 1.54) is 0 Å². The Bertz CT molecular complexity index is 136. The number of aliphatic carboxylic acids is 1. The van der Waals surface area contributed by atoms with Crippen molar-refractivity contribution in [2.45, 2.75) is 0 Å². The molecule has 6 nitrogen and oxygen atoms in total. The Balaban J connectivity index is 0. The van der Waals surface area contributed by atoms with Gasteiger partial charge in [0.2, 0.25) is 0 Å². The summed E-state index contributed by atoms with van der Waals surface area (Å²) in [4.78, 5) is 9.86. The van der Waals surface area contributed by atoms with E-state index in [2.05, 4.69) is 17.9 Å². The van der Waals surface area contributed by atoms with Crippen LogP contribution in [0.4, 0.5) is 0 Å². The van der Waals surface area contributed by atoms with Crippen molar-refractivity contribution >= 4 is 18.6 Å². The molecule has 0 saturated carbocycles. The predicted molar refractivity (Wildman–Crippen MR) is 39.8 cm³/mol. The second-order valence-corrected chi connectivity index (χ2v) is 2.00. The molecule has 0 saturated heterocycles. The van der Waals surface area contributed by atoms with Crippen LogP contribution in [0.15, 0.2) is 0 Å². The molecule has 8 heteroatoms. The van der Waals surface area contributed by atoms with Gasteiger partial charge in [-0.25, -0.2) is 12.6 Å². The van der Waals surface area contributed by atoms with Gasteiger partial charge < -0.3 is 16.2 Å². The molecule has 12 heavy (non-hydrogen) atoms. The quantitative estimate of drug-likeness (QED) is 0.298. The van der Waals surface area contributed by atoms with Crippen molar-refractivity contribution < 1.29 is 32.9 Å². The average molecular weight is 241 g/mol. The topological polar surface area (TPSA) is 113 Å². The standard InChI is InChI=1S/C4H9N2O2S.Co.H2O.O/c5-3(2-9)6-1-4(7)8;;;/h6,9H,1-2,5H2,(H,7,8);;1H2;/q-1;+1;;/p-1. The molecule has 0 aromatic rings. The Morgan fingerprint density at radius 2 is 2.17 bits per heavy atom. The van der Waals surface area contributed by atoms with Crippen LogP contribution in [0, 0.1) is 6.17 Å². The van der Waals surface area contributed by atoms with Crippen molar-refractivity contribution in [2.24, 2.45) is 5.73 Å². The van der Waals surface area contributed by atoms with Crippen molar-refractivity contribution in [3.05, 3.63) is 6.17 Å². The predicted octanol–water partition coefficient (Wildman–Crippen LogP) is -1.64. The van der Waals surface area contributed by atoms with E-state index < -0.39 is 20.9 Å². The molecule has 5 N–H and O–H groups in total. The molecule has 0 aliphatic heterocycles. The van der Waals surface area contributed by atoms with Crippen LogP contribution >= 0.6 is 12.6 Å². The first-order chi connectivity index (χ1) is 5.58. The fourth-order valence-electron chi connectivity index (χ4n) is 0.245. The van der Waals surface area contributed by atoms with Crippen LogP contribution in [-0.4, -0.2) is 27.6 Å². The van der Waals surface area contributed by atoms with Gasteiger partial charge in [0.25, 0.3) is 0 Å². The minimum atomic E-state index is -0.931. The fourth-order valence-corrected chi connectivity index (χ4v) is 0.357. The number of hydrogen-bond acceptors (Lipinski definition) is 5.